The number of rotatable bonds is 4. The minimum absolute atomic E-state index is 0.0372. The van der Waals surface area contributed by atoms with Gasteiger partial charge in [0, 0.05) is 17.0 Å². The van der Waals surface area contributed by atoms with Crippen LogP contribution in [0.1, 0.15) is 6.42 Å². The lowest BCUT2D eigenvalue weighted by molar-refractivity contribution is 0.183. The van der Waals surface area contributed by atoms with Crippen molar-refractivity contribution in [2.24, 2.45) is 5.92 Å². The molecule has 1 aromatic rings. The van der Waals surface area contributed by atoms with Crippen LogP contribution in [0.25, 0.3) is 0 Å². The van der Waals surface area contributed by atoms with E-state index in [0.717, 1.165) is 10.9 Å². The first-order chi connectivity index (χ1) is 9.03. The van der Waals surface area contributed by atoms with Crippen molar-refractivity contribution in [3.05, 3.63) is 28.7 Å². The van der Waals surface area contributed by atoms with Gasteiger partial charge in [-0.3, -0.25) is 0 Å². The summed E-state index contributed by atoms with van der Waals surface area (Å²) in [5.41, 5.74) is 0. The number of halogens is 1. The van der Waals surface area contributed by atoms with E-state index in [2.05, 4.69) is 26.6 Å². The lowest BCUT2D eigenvalue weighted by Gasteiger charge is -2.18. The normalized spacial score (nSPS) is 20.9. The van der Waals surface area contributed by atoms with Gasteiger partial charge in [0.2, 0.25) is 10.0 Å². The second-order valence-corrected chi connectivity index (χ2v) is 6.97. The van der Waals surface area contributed by atoms with Crippen molar-refractivity contribution in [1.29, 1.82) is 0 Å². The van der Waals surface area contributed by atoms with Crippen LogP contribution in [0.5, 0.6) is 0 Å². The number of terminal acetylenes is 1. The Balaban J connectivity index is 2.16. The molecule has 1 aliphatic rings. The summed E-state index contributed by atoms with van der Waals surface area (Å²) in [6.07, 6.45) is 6.20. The first kappa shape index (κ1) is 14.5. The second kappa shape index (κ2) is 6.06. The first-order valence-corrected chi connectivity index (χ1v) is 8.12. The van der Waals surface area contributed by atoms with Gasteiger partial charge < -0.3 is 4.74 Å². The summed E-state index contributed by atoms with van der Waals surface area (Å²) in [6, 6.07) is 5.89. The van der Waals surface area contributed by atoms with Gasteiger partial charge in [-0.05, 0) is 30.7 Å². The number of hydrogen-bond acceptors (Lipinski definition) is 3. The van der Waals surface area contributed by atoms with E-state index in [1.54, 1.807) is 12.1 Å². The molecule has 1 aliphatic heterocycles. The maximum Gasteiger partial charge on any atom is 0.241 e. The summed E-state index contributed by atoms with van der Waals surface area (Å²) in [6.45, 7) is 1.13. The van der Waals surface area contributed by atoms with Crippen LogP contribution >= 0.6 is 15.9 Å². The number of benzene rings is 1. The van der Waals surface area contributed by atoms with E-state index >= 15 is 0 Å². The molecule has 2 rings (SSSR count). The molecule has 0 aliphatic carbocycles. The number of sulfonamides is 1. The lowest BCUT2D eigenvalue weighted by Crippen LogP contribution is -2.39. The quantitative estimate of drug-likeness (QED) is 0.847. The summed E-state index contributed by atoms with van der Waals surface area (Å²) >= 11 is 3.27. The topological polar surface area (TPSA) is 55.4 Å². The monoisotopic (exact) mass is 343 g/mol. The predicted molar refractivity (Wildman–Crippen MR) is 76.0 cm³/mol. The third kappa shape index (κ3) is 3.57. The zero-order chi connectivity index (χ0) is 13.9. The molecule has 6 heteroatoms. The molecule has 0 bridgehead atoms. The summed E-state index contributed by atoms with van der Waals surface area (Å²) in [7, 11) is -3.59. The van der Waals surface area contributed by atoms with Gasteiger partial charge in [0.05, 0.1) is 17.5 Å². The Bertz CT molecular complexity index is 571. The Hall–Kier alpha value is -0.870. The fourth-order valence-corrected chi connectivity index (χ4v) is 3.42. The molecule has 1 fully saturated rings. The molecule has 2 atom stereocenters. The van der Waals surface area contributed by atoms with Crippen LogP contribution in [0.2, 0.25) is 0 Å². The highest BCUT2D eigenvalue weighted by atomic mass is 79.9. The Morgan fingerprint density at radius 2 is 2.11 bits per heavy atom. The molecule has 1 aromatic carbocycles. The number of ether oxygens (including phenoxy) is 1. The summed E-state index contributed by atoms with van der Waals surface area (Å²) in [5, 5.41) is 0. The van der Waals surface area contributed by atoms with Gasteiger partial charge in [-0.15, -0.1) is 6.42 Å². The van der Waals surface area contributed by atoms with Crippen LogP contribution < -0.4 is 4.72 Å². The third-order valence-corrected chi connectivity index (χ3v) is 5.01. The van der Waals surface area contributed by atoms with E-state index in [1.165, 1.54) is 12.1 Å². The molecule has 0 radical (unpaired) electrons. The van der Waals surface area contributed by atoms with Crippen LogP contribution in [-0.2, 0) is 14.8 Å². The molecule has 0 unspecified atom stereocenters. The molecule has 0 aromatic heterocycles. The van der Waals surface area contributed by atoms with E-state index in [4.69, 9.17) is 11.2 Å². The molecular weight excluding hydrogens is 330 g/mol. The zero-order valence-corrected chi connectivity index (χ0v) is 12.6. The van der Waals surface area contributed by atoms with E-state index in [1.807, 2.05) is 0 Å². The van der Waals surface area contributed by atoms with Gasteiger partial charge in [0.1, 0.15) is 0 Å². The van der Waals surface area contributed by atoms with Crippen molar-refractivity contribution in [2.75, 3.05) is 13.2 Å². The molecule has 1 heterocycles. The van der Waals surface area contributed by atoms with Gasteiger partial charge in [-0.1, -0.05) is 21.9 Å². The predicted octanol–water partition coefficient (Wildman–Crippen LogP) is 1.77. The zero-order valence-electron chi connectivity index (χ0n) is 10.2. The summed E-state index contributed by atoms with van der Waals surface area (Å²) < 4.78 is 33.0. The standard InChI is InChI=1S/C13H14BrNO3S/c1-2-13(10-7-8-18-9-10)15-19(16,17)12-5-3-11(14)4-6-12/h1,3-6,10,13,15H,7-9H2/t10-,13-/m1/s1. The van der Waals surface area contributed by atoms with Crippen LogP contribution in [0.4, 0.5) is 0 Å². The van der Waals surface area contributed by atoms with Gasteiger partial charge in [0.15, 0.2) is 0 Å². The average molecular weight is 344 g/mol. The van der Waals surface area contributed by atoms with Crippen LogP contribution in [0, 0.1) is 18.3 Å². The molecule has 1 saturated heterocycles. The highest BCUT2D eigenvalue weighted by molar-refractivity contribution is 9.10. The average Bonchev–Trinajstić information content (AvgIpc) is 2.90. The Kier molecular flexibility index (Phi) is 4.63. The van der Waals surface area contributed by atoms with E-state index in [0.29, 0.717) is 13.2 Å². The smallest absolute Gasteiger partial charge is 0.241 e. The fourth-order valence-electron chi connectivity index (χ4n) is 1.93. The minimum Gasteiger partial charge on any atom is -0.381 e. The summed E-state index contributed by atoms with van der Waals surface area (Å²) in [4.78, 5) is 0.204. The van der Waals surface area contributed by atoms with Gasteiger partial charge in [-0.2, -0.15) is 4.72 Å². The van der Waals surface area contributed by atoms with Crippen LogP contribution in [-0.4, -0.2) is 27.7 Å². The van der Waals surface area contributed by atoms with Crippen molar-refractivity contribution in [2.45, 2.75) is 17.4 Å². The summed E-state index contributed by atoms with van der Waals surface area (Å²) in [5.74, 6) is 2.54. The molecule has 4 nitrogen and oxygen atoms in total. The molecule has 0 spiro atoms. The second-order valence-electron chi connectivity index (χ2n) is 4.34. The van der Waals surface area contributed by atoms with E-state index < -0.39 is 16.1 Å². The fraction of sp³-hybridized carbons (Fsp3) is 0.385. The van der Waals surface area contributed by atoms with E-state index in [-0.39, 0.29) is 10.8 Å². The van der Waals surface area contributed by atoms with Crippen molar-refractivity contribution in [3.63, 3.8) is 0 Å². The first-order valence-electron chi connectivity index (χ1n) is 5.85. The molecule has 0 saturated carbocycles. The number of nitrogens with one attached hydrogen (secondary N) is 1. The van der Waals surface area contributed by atoms with E-state index in [9.17, 15) is 8.42 Å². The highest BCUT2D eigenvalue weighted by Crippen LogP contribution is 2.19. The molecule has 19 heavy (non-hydrogen) atoms. The van der Waals surface area contributed by atoms with Crippen molar-refractivity contribution in [1.82, 2.24) is 4.72 Å². The molecule has 102 valence electrons. The Labute approximate surface area is 121 Å². The largest absolute Gasteiger partial charge is 0.381 e. The van der Waals surface area contributed by atoms with Gasteiger partial charge >= 0.3 is 0 Å². The maximum absolute atomic E-state index is 12.2. The molecule has 1 N–H and O–H groups in total. The maximum atomic E-state index is 12.2. The lowest BCUT2D eigenvalue weighted by atomic mass is 10.0. The van der Waals surface area contributed by atoms with Crippen LogP contribution in [0.3, 0.4) is 0 Å². The Morgan fingerprint density at radius 3 is 2.63 bits per heavy atom. The Morgan fingerprint density at radius 1 is 1.42 bits per heavy atom. The SMILES string of the molecule is C#C[C@@H](NS(=O)(=O)c1ccc(Br)cc1)[C@@H]1CCOC1. The highest BCUT2D eigenvalue weighted by Gasteiger charge is 2.28. The molecular formula is C13H14BrNO3S. The van der Waals surface area contributed by atoms with Gasteiger partial charge in [0.25, 0.3) is 0 Å². The van der Waals surface area contributed by atoms with Gasteiger partial charge in [-0.25, -0.2) is 8.42 Å². The van der Waals surface area contributed by atoms with Crippen molar-refractivity contribution < 1.29 is 13.2 Å². The number of hydrogen-bond donors (Lipinski definition) is 1. The van der Waals surface area contributed by atoms with Crippen LogP contribution in [0.15, 0.2) is 33.6 Å². The third-order valence-electron chi connectivity index (χ3n) is 3.02. The van der Waals surface area contributed by atoms with Crippen molar-refractivity contribution >= 4 is 26.0 Å². The molecule has 0 amide bonds. The van der Waals surface area contributed by atoms with Crippen molar-refractivity contribution in [3.8, 4) is 12.3 Å². The minimum atomic E-state index is -3.59.